The van der Waals surface area contributed by atoms with Crippen LogP contribution in [0.5, 0.6) is 0 Å². The van der Waals surface area contributed by atoms with Gasteiger partial charge in [-0.3, -0.25) is 4.79 Å². The lowest BCUT2D eigenvalue weighted by atomic mass is 9.34. The fourth-order valence-corrected chi connectivity index (χ4v) is 9.07. The number of allylic oxidation sites excluding steroid dienone is 7. The number of aliphatic hydroxyl groups is 1. The van der Waals surface area contributed by atoms with Crippen LogP contribution >= 0.6 is 0 Å². The van der Waals surface area contributed by atoms with E-state index in [1.807, 2.05) is 19.9 Å². The largest absolute Gasteiger partial charge is 0.489 e. The van der Waals surface area contributed by atoms with Crippen molar-refractivity contribution in [3.05, 3.63) is 46.3 Å². The maximum atomic E-state index is 13.1. The van der Waals surface area contributed by atoms with Gasteiger partial charge in [-0.2, -0.15) is 0 Å². The monoisotopic (exact) mass is 479 g/mol. The lowest BCUT2D eigenvalue weighted by molar-refractivity contribution is -0.174. The number of rotatable bonds is 3. The zero-order chi connectivity index (χ0) is 25.6. The molecule has 3 N–H and O–H groups in total. The molecule has 3 saturated carbocycles. The van der Waals surface area contributed by atoms with Crippen LogP contribution in [0.2, 0.25) is 0 Å². The van der Waals surface area contributed by atoms with Crippen LogP contribution in [-0.4, -0.2) is 23.7 Å². The normalized spacial score (nSPS) is 45.8. The summed E-state index contributed by atoms with van der Waals surface area (Å²) in [7, 11) is 0. The van der Waals surface area contributed by atoms with Crippen LogP contribution < -0.4 is 5.73 Å². The quantitative estimate of drug-likeness (QED) is 0.461. The molecule has 0 bridgehead atoms. The Morgan fingerprint density at radius 1 is 1.06 bits per heavy atom. The molecule has 4 heteroatoms. The molecule has 5 rings (SSSR count). The average molecular weight is 480 g/mol. The molecule has 0 aliphatic heterocycles. The standard InChI is InChI=1S/C31H45NO3/c1-8-35-25-19(2)20-9-10-23-29(5,21(20)17-22(25)33)14-16-31(7)24-18-28(4,26(32)34)12-11-27(24,3)13-15-30(23,31)6/h9-10,17,24,26,34H,8,11-16,18,32H2,1-7H3/t24-,26?,27-,28-,29+,30-,31+/m1/s1. The highest BCUT2D eigenvalue weighted by molar-refractivity contribution is 6.07. The summed E-state index contributed by atoms with van der Waals surface area (Å²) in [6.07, 6.45) is 13.4. The number of nitrogens with two attached hydrogens (primary N) is 1. The van der Waals surface area contributed by atoms with E-state index in [4.69, 9.17) is 10.5 Å². The summed E-state index contributed by atoms with van der Waals surface area (Å²) in [6.45, 7) is 16.6. The topological polar surface area (TPSA) is 72.6 Å². The van der Waals surface area contributed by atoms with E-state index >= 15 is 0 Å². The van der Waals surface area contributed by atoms with Gasteiger partial charge in [-0.1, -0.05) is 52.3 Å². The van der Waals surface area contributed by atoms with E-state index in [1.54, 1.807) is 0 Å². The average Bonchev–Trinajstić information content (AvgIpc) is 2.80. The molecule has 5 aliphatic carbocycles. The van der Waals surface area contributed by atoms with Crippen molar-refractivity contribution >= 4 is 5.78 Å². The molecule has 7 atom stereocenters. The Bertz CT molecular complexity index is 1090. The summed E-state index contributed by atoms with van der Waals surface area (Å²) in [5, 5.41) is 10.5. The first-order chi connectivity index (χ1) is 16.3. The van der Waals surface area contributed by atoms with Crippen molar-refractivity contribution < 1.29 is 14.6 Å². The molecule has 0 aromatic rings. The SMILES string of the molecule is CCOC1=C(C)C2=CC=C3[C@@](C)(CC[C@@]4(C)[C@@H]5C[C@](C)(C(N)O)CC[C@]5(C)CC[C@]34C)C2=CC1=O. The van der Waals surface area contributed by atoms with Crippen molar-refractivity contribution in [2.75, 3.05) is 6.61 Å². The Kier molecular flexibility index (Phi) is 5.49. The molecule has 0 amide bonds. The van der Waals surface area contributed by atoms with Gasteiger partial charge in [0.1, 0.15) is 6.23 Å². The Balaban J connectivity index is 1.62. The Morgan fingerprint density at radius 2 is 1.74 bits per heavy atom. The van der Waals surface area contributed by atoms with Gasteiger partial charge in [0.25, 0.3) is 0 Å². The van der Waals surface area contributed by atoms with E-state index < -0.39 is 6.23 Å². The fraction of sp³-hybridized carbons (Fsp3) is 0.710. The van der Waals surface area contributed by atoms with Gasteiger partial charge in [0.2, 0.25) is 5.78 Å². The van der Waals surface area contributed by atoms with E-state index in [0.29, 0.717) is 23.7 Å². The number of hydrogen-bond acceptors (Lipinski definition) is 4. The minimum absolute atomic E-state index is 0.00802. The molecule has 35 heavy (non-hydrogen) atoms. The molecule has 4 nitrogen and oxygen atoms in total. The van der Waals surface area contributed by atoms with Crippen LogP contribution in [0.1, 0.15) is 93.4 Å². The lowest BCUT2D eigenvalue weighted by Crippen LogP contribution is -2.62. The van der Waals surface area contributed by atoms with Crippen LogP contribution in [0.3, 0.4) is 0 Å². The number of hydrogen-bond donors (Lipinski definition) is 2. The first-order valence-corrected chi connectivity index (χ1v) is 13.7. The van der Waals surface area contributed by atoms with Crippen molar-refractivity contribution in [3.8, 4) is 0 Å². The Labute approximate surface area is 211 Å². The summed E-state index contributed by atoms with van der Waals surface area (Å²) in [4.78, 5) is 13.1. The second-order valence-corrected chi connectivity index (χ2v) is 13.6. The van der Waals surface area contributed by atoms with Crippen LogP contribution in [0.4, 0.5) is 0 Å². The highest BCUT2D eigenvalue weighted by atomic mass is 16.5. The fourth-order valence-electron chi connectivity index (χ4n) is 9.07. The number of ether oxygens (including phenoxy) is 1. The van der Waals surface area contributed by atoms with Gasteiger partial charge in [0, 0.05) is 16.4 Å². The maximum absolute atomic E-state index is 13.1. The summed E-state index contributed by atoms with van der Waals surface area (Å²) >= 11 is 0. The molecule has 1 unspecified atom stereocenters. The van der Waals surface area contributed by atoms with E-state index in [0.717, 1.165) is 37.7 Å². The molecule has 0 heterocycles. The predicted octanol–water partition coefficient (Wildman–Crippen LogP) is 6.37. The summed E-state index contributed by atoms with van der Waals surface area (Å²) in [5.41, 5.74) is 11.0. The zero-order valence-electron chi connectivity index (χ0n) is 22.9. The van der Waals surface area contributed by atoms with Crippen LogP contribution in [0.25, 0.3) is 0 Å². The molecule has 5 aliphatic rings. The van der Waals surface area contributed by atoms with Crippen LogP contribution in [0.15, 0.2) is 46.3 Å². The highest BCUT2D eigenvalue weighted by Crippen LogP contribution is 2.75. The van der Waals surface area contributed by atoms with E-state index in [9.17, 15) is 9.90 Å². The molecule has 0 aromatic carbocycles. The molecule has 0 radical (unpaired) electrons. The van der Waals surface area contributed by atoms with Crippen LogP contribution in [0, 0.1) is 33.0 Å². The third kappa shape index (κ3) is 3.14. The lowest BCUT2D eigenvalue weighted by Gasteiger charge is -2.70. The first-order valence-electron chi connectivity index (χ1n) is 13.7. The zero-order valence-corrected chi connectivity index (χ0v) is 22.9. The Hall–Kier alpha value is -1.65. The van der Waals surface area contributed by atoms with Crippen LogP contribution in [-0.2, 0) is 9.53 Å². The van der Waals surface area contributed by atoms with Crippen molar-refractivity contribution in [2.45, 2.75) is 99.6 Å². The number of carbonyl (C=O) groups is 1. The third-order valence-electron chi connectivity index (χ3n) is 11.9. The summed E-state index contributed by atoms with van der Waals surface area (Å²) in [5.74, 6) is 1.02. The molecule has 0 saturated heterocycles. The minimum Gasteiger partial charge on any atom is -0.489 e. The van der Waals surface area contributed by atoms with Gasteiger partial charge in [-0.15, -0.1) is 0 Å². The summed E-state index contributed by atoms with van der Waals surface area (Å²) < 4.78 is 5.75. The van der Waals surface area contributed by atoms with Crippen molar-refractivity contribution in [2.24, 2.45) is 38.7 Å². The number of fused-ring (bicyclic) bond motifs is 7. The highest BCUT2D eigenvalue weighted by Gasteiger charge is 2.67. The van der Waals surface area contributed by atoms with Crippen molar-refractivity contribution in [1.82, 2.24) is 0 Å². The van der Waals surface area contributed by atoms with Crippen molar-refractivity contribution in [3.63, 3.8) is 0 Å². The van der Waals surface area contributed by atoms with Gasteiger partial charge >= 0.3 is 0 Å². The molecule has 0 aromatic heterocycles. The molecule has 0 spiro atoms. The van der Waals surface area contributed by atoms with E-state index in [-0.39, 0.29) is 27.4 Å². The van der Waals surface area contributed by atoms with Gasteiger partial charge in [0.05, 0.1) is 6.61 Å². The van der Waals surface area contributed by atoms with Gasteiger partial charge in [0.15, 0.2) is 5.76 Å². The number of ketones is 1. The number of carbonyl (C=O) groups excluding carboxylic acids is 1. The summed E-state index contributed by atoms with van der Waals surface area (Å²) in [6, 6.07) is 0. The second kappa shape index (κ2) is 7.68. The minimum atomic E-state index is -0.773. The number of aliphatic hydroxyl groups excluding tert-OH is 1. The smallest absolute Gasteiger partial charge is 0.220 e. The van der Waals surface area contributed by atoms with E-state index in [1.165, 1.54) is 29.6 Å². The molecular formula is C31H45NO3. The second-order valence-electron chi connectivity index (χ2n) is 13.6. The third-order valence-corrected chi connectivity index (χ3v) is 11.9. The van der Waals surface area contributed by atoms with Crippen molar-refractivity contribution in [1.29, 1.82) is 0 Å². The van der Waals surface area contributed by atoms with Gasteiger partial charge in [-0.05, 0) is 98.2 Å². The first kappa shape index (κ1) is 25.0. The van der Waals surface area contributed by atoms with Gasteiger partial charge < -0.3 is 15.6 Å². The Morgan fingerprint density at radius 3 is 2.40 bits per heavy atom. The maximum Gasteiger partial charge on any atom is 0.220 e. The molecule has 192 valence electrons. The predicted molar refractivity (Wildman–Crippen MR) is 140 cm³/mol. The molecular weight excluding hydrogens is 434 g/mol. The molecule has 3 fully saturated rings. The van der Waals surface area contributed by atoms with Gasteiger partial charge in [-0.25, -0.2) is 0 Å². The van der Waals surface area contributed by atoms with E-state index in [2.05, 4.69) is 46.8 Å².